The first-order valence-electron chi connectivity index (χ1n) is 11.3. The van der Waals surface area contributed by atoms with Crippen LogP contribution in [0.1, 0.15) is 63.5 Å². The predicted octanol–water partition coefficient (Wildman–Crippen LogP) is 6.88. The van der Waals surface area contributed by atoms with E-state index in [2.05, 4.69) is 0 Å². The number of thioether (sulfide) groups is 1. The molecule has 2 aromatic rings. The molecule has 1 aromatic carbocycles. The molecule has 1 aromatic heterocycles. The lowest BCUT2D eigenvalue weighted by atomic mass is 10.1. The summed E-state index contributed by atoms with van der Waals surface area (Å²) in [6.45, 7) is 0.604. The molecule has 0 spiro atoms. The van der Waals surface area contributed by atoms with Crippen LogP contribution in [0.15, 0.2) is 45.7 Å². The number of carbonyl (C=O) groups is 2. The van der Waals surface area contributed by atoms with Crippen molar-refractivity contribution in [3.63, 3.8) is 0 Å². The van der Waals surface area contributed by atoms with Crippen molar-refractivity contribution in [1.82, 2.24) is 4.90 Å². The van der Waals surface area contributed by atoms with Gasteiger partial charge in [0.05, 0.1) is 4.91 Å². The van der Waals surface area contributed by atoms with Gasteiger partial charge in [0.15, 0.2) is 0 Å². The van der Waals surface area contributed by atoms with Crippen LogP contribution in [0.25, 0.3) is 17.4 Å². The van der Waals surface area contributed by atoms with Gasteiger partial charge in [0.1, 0.15) is 21.7 Å². The first kappa shape index (κ1) is 25.2. The Balaban J connectivity index is 1.41. The van der Waals surface area contributed by atoms with Crippen molar-refractivity contribution in [2.75, 3.05) is 6.54 Å². The first-order chi connectivity index (χ1) is 15.9. The molecule has 0 aliphatic carbocycles. The van der Waals surface area contributed by atoms with Crippen molar-refractivity contribution in [3.8, 4) is 11.3 Å². The van der Waals surface area contributed by atoms with Crippen LogP contribution in [-0.2, 0) is 9.59 Å². The van der Waals surface area contributed by atoms with E-state index >= 15 is 0 Å². The highest BCUT2D eigenvalue weighted by Gasteiger charge is 2.31. The minimum Gasteiger partial charge on any atom is -0.481 e. The number of carboxylic acids is 1. The molecule has 1 aliphatic heterocycles. The summed E-state index contributed by atoms with van der Waals surface area (Å²) in [5, 5.41) is 8.62. The molecular formula is C25H28FNO4S2. The second-order valence-electron chi connectivity index (χ2n) is 8.02. The third kappa shape index (κ3) is 7.82. The second-order valence-corrected chi connectivity index (χ2v) is 9.69. The third-order valence-electron chi connectivity index (χ3n) is 5.41. The Morgan fingerprint density at radius 2 is 1.76 bits per heavy atom. The van der Waals surface area contributed by atoms with Crippen molar-refractivity contribution in [2.24, 2.45) is 0 Å². The van der Waals surface area contributed by atoms with Gasteiger partial charge in [-0.25, -0.2) is 4.39 Å². The molecule has 1 aliphatic rings. The van der Waals surface area contributed by atoms with E-state index in [1.165, 1.54) is 23.9 Å². The molecule has 8 heteroatoms. The molecule has 0 radical (unpaired) electrons. The summed E-state index contributed by atoms with van der Waals surface area (Å²) in [4.78, 5) is 25.4. The number of hydrogen-bond donors (Lipinski definition) is 1. The van der Waals surface area contributed by atoms with Crippen molar-refractivity contribution < 1.29 is 23.5 Å². The third-order valence-corrected chi connectivity index (χ3v) is 6.78. The number of rotatable bonds is 13. The number of amides is 1. The predicted molar refractivity (Wildman–Crippen MR) is 133 cm³/mol. The molecule has 1 fully saturated rings. The van der Waals surface area contributed by atoms with E-state index in [0.717, 1.165) is 51.4 Å². The highest BCUT2D eigenvalue weighted by atomic mass is 32.2. The van der Waals surface area contributed by atoms with Gasteiger partial charge in [-0.15, -0.1) is 0 Å². The van der Waals surface area contributed by atoms with Crippen LogP contribution < -0.4 is 0 Å². The molecule has 0 bridgehead atoms. The molecular weight excluding hydrogens is 461 g/mol. The van der Waals surface area contributed by atoms with Gasteiger partial charge in [-0.05, 0) is 37.1 Å². The molecule has 33 heavy (non-hydrogen) atoms. The monoisotopic (exact) mass is 489 g/mol. The number of nitrogens with zero attached hydrogens (tertiary/aromatic N) is 1. The molecule has 0 saturated carbocycles. The number of halogens is 1. The fourth-order valence-electron chi connectivity index (χ4n) is 3.66. The van der Waals surface area contributed by atoms with Gasteiger partial charge in [0.2, 0.25) is 0 Å². The van der Waals surface area contributed by atoms with Crippen molar-refractivity contribution in [1.29, 1.82) is 0 Å². The average Bonchev–Trinajstić information content (AvgIpc) is 3.34. The highest BCUT2D eigenvalue weighted by molar-refractivity contribution is 8.26. The maximum Gasteiger partial charge on any atom is 0.303 e. The van der Waals surface area contributed by atoms with Gasteiger partial charge in [-0.3, -0.25) is 14.5 Å². The van der Waals surface area contributed by atoms with Crippen molar-refractivity contribution >= 4 is 46.3 Å². The molecule has 1 N–H and O–H groups in total. The zero-order chi connectivity index (χ0) is 23.6. The Bertz CT molecular complexity index is 1020. The normalized spacial score (nSPS) is 15.1. The molecule has 2 heterocycles. The molecule has 176 valence electrons. The van der Waals surface area contributed by atoms with Crippen LogP contribution in [0.5, 0.6) is 0 Å². The fourth-order valence-corrected chi connectivity index (χ4v) is 4.94. The number of benzene rings is 1. The van der Waals surface area contributed by atoms with E-state index in [1.54, 1.807) is 35.2 Å². The summed E-state index contributed by atoms with van der Waals surface area (Å²) in [5.41, 5.74) is 0.641. The van der Waals surface area contributed by atoms with Gasteiger partial charge in [0.25, 0.3) is 5.91 Å². The Morgan fingerprint density at radius 1 is 1.06 bits per heavy atom. The number of thiocarbonyl (C=S) groups is 1. The quantitative estimate of drug-likeness (QED) is 0.188. The van der Waals surface area contributed by atoms with Gasteiger partial charge in [0, 0.05) is 24.6 Å². The number of carboxylic acid groups (broad SMARTS) is 1. The number of hydrogen-bond acceptors (Lipinski definition) is 5. The second kappa shape index (κ2) is 12.7. The molecule has 0 atom stereocenters. The lowest BCUT2D eigenvalue weighted by molar-refractivity contribution is -0.137. The van der Waals surface area contributed by atoms with E-state index in [9.17, 15) is 14.0 Å². The SMILES string of the molecule is O=C(O)CCCCCCCCCCN1C(=O)/C(=C\c2ccc(-c3cccc(F)c3)o2)SC1=S. The largest absolute Gasteiger partial charge is 0.481 e. The maximum atomic E-state index is 13.4. The number of aliphatic carboxylic acids is 1. The van der Waals surface area contributed by atoms with Crippen LogP contribution in [0.2, 0.25) is 0 Å². The summed E-state index contributed by atoms with van der Waals surface area (Å²) < 4.78 is 19.8. The van der Waals surface area contributed by atoms with E-state index < -0.39 is 5.97 Å². The molecule has 1 saturated heterocycles. The van der Waals surface area contributed by atoms with Crippen LogP contribution in [-0.4, -0.2) is 32.7 Å². The van der Waals surface area contributed by atoms with Crippen LogP contribution in [0, 0.1) is 5.82 Å². The fraction of sp³-hybridized carbons (Fsp3) is 0.400. The van der Waals surface area contributed by atoms with Gasteiger partial charge >= 0.3 is 5.97 Å². The summed E-state index contributed by atoms with van der Waals surface area (Å²) in [5.74, 6) is -0.0938. The van der Waals surface area contributed by atoms with E-state index in [-0.39, 0.29) is 18.1 Å². The maximum absolute atomic E-state index is 13.4. The van der Waals surface area contributed by atoms with Crippen molar-refractivity contribution in [3.05, 3.63) is 52.9 Å². The summed E-state index contributed by atoms with van der Waals surface area (Å²) in [6, 6.07) is 9.69. The lowest BCUT2D eigenvalue weighted by Crippen LogP contribution is -2.28. The summed E-state index contributed by atoms with van der Waals surface area (Å²) in [6.07, 6.45) is 9.99. The zero-order valence-corrected chi connectivity index (χ0v) is 20.1. The zero-order valence-electron chi connectivity index (χ0n) is 18.4. The first-order valence-corrected chi connectivity index (χ1v) is 12.5. The topological polar surface area (TPSA) is 70.8 Å². The minimum absolute atomic E-state index is 0.105. The van der Waals surface area contributed by atoms with E-state index in [4.69, 9.17) is 21.7 Å². The minimum atomic E-state index is -0.724. The lowest BCUT2D eigenvalue weighted by Gasteiger charge is -2.14. The Kier molecular flexibility index (Phi) is 9.69. The van der Waals surface area contributed by atoms with Crippen LogP contribution in [0.3, 0.4) is 0 Å². The number of furan rings is 1. The molecule has 0 unspecified atom stereocenters. The van der Waals surface area contributed by atoms with Crippen LogP contribution >= 0.6 is 24.0 Å². The number of unbranched alkanes of at least 4 members (excludes halogenated alkanes) is 7. The average molecular weight is 490 g/mol. The van der Waals surface area contributed by atoms with Gasteiger partial charge in [-0.1, -0.05) is 74.6 Å². The molecule has 5 nitrogen and oxygen atoms in total. The standard InChI is InChI=1S/C25H28FNO4S2/c26-19-11-9-10-18(16-19)21-14-13-20(31-21)17-22-24(30)27(25(32)33-22)15-8-6-4-2-1-3-5-7-12-23(28)29/h9-11,13-14,16-17H,1-8,12,15H2,(H,28,29)/b22-17+. The Labute approximate surface area is 203 Å². The summed E-state index contributed by atoms with van der Waals surface area (Å²) >= 11 is 6.67. The smallest absolute Gasteiger partial charge is 0.303 e. The van der Waals surface area contributed by atoms with E-state index in [0.29, 0.717) is 32.9 Å². The highest BCUT2D eigenvalue weighted by Crippen LogP contribution is 2.34. The molecule has 3 rings (SSSR count). The van der Waals surface area contributed by atoms with Gasteiger partial charge in [-0.2, -0.15) is 0 Å². The van der Waals surface area contributed by atoms with Crippen molar-refractivity contribution in [2.45, 2.75) is 57.8 Å². The molecule has 1 amide bonds. The van der Waals surface area contributed by atoms with Crippen LogP contribution in [0.4, 0.5) is 4.39 Å². The summed E-state index contributed by atoms with van der Waals surface area (Å²) in [7, 11) is 0. The van der Waals surface area contributed by atoms with E-state index in [1.807, 2.05) is 0 Å². The Morgan fingerprint density at radius 3 is 2.45 bits per heavy atom. The number of carbonyl (C=O) groups excluding carboxylic acids is 1. The Hall–Kier alpha value is -2.45. The van der Waals surface area contributed by atoms with Gasteiger partial charge < -0.3 is 9.52 Å².